The second-order valence-corrected chi connectivity index (χ2v) is 8.51. The Hall–Kier alpha value is -3.22. The molecule has 2 fully saturated rings. The number of benzene rings is 2. The van der Waals surface area contributed by atoms with Crippen LogP contribution in [0.1, 0.15) is 24.8 Å². The summed E-state index contributed by atoms with van der Waals surface area (Å²) in [5, 5.41) is 3.01. The Balaban J connectivity index is 1.23. The maximum Gasteiger partial charge on any atom is 0.228 e. The van der Waals surface area contributed by atoms with Gasteiger partial charge in [0.1, 0.15) is 5.82 Å². The molecule has 0 radical (unpaired) electrons. The van der Waals surface area contributed by atoms with Crippen LogP contribution in [0.3, 0.4) is 0 Å². The van der Waals surface area contributed by atoms with E-state index in [0.717, 1.165) is 6.42 Å². The predicted molar refractivity (Wildman–Crippen MR) is 119 cm³/mol. The van der Waals surface area contributed by atoms with Gasteiger partial charge in [-0.2, -0.15) is 0 Å². The fourth-order valence-electron chi connectivity index (χ4n) is 4.48. The Bertz CT molecular complexity index is 956. The topological polar surface area (TPSA) is 69.7 Å². The number of piperidine rings is 1. The van der Waals surface area contributed by atoms with Gasteiger partial charge in [-0.05, 0) is 49.1 Å². The van der Waals surface area contributed by atoms with Gasteiger partial charge in [-0.3, -0.25) is 14.4 Å². The lowest BCUT2D eigenvalue weighted by molar-refractivity contribution is -0.139. The minimum absolute atomic E-state index is 0.0362. The lowest BCUT2D eigenvalue weighted by Gasteiger charge is -2.33. The number of anilines is 1. The summed E-state index contributed by atoms with van der Waals surface area (Å²) in [5.41, 5.74) is 1.80. The number of halogens is 1. The van der Waals surface area contributed by atoms with E-state index in [0.29, 0.717) is 44.7 Å². The fraction of sp³-hybridized carbons (Fsp3) is 0.400. The van der Waals surface area contributed by atoms with Crippen LogP contribution in [0.4, 0.5) is 10.1 Å². The standard InChI is InChI=1S/C25H28FN3O3/c26-21-6-8-22(9-7-21)29-17-20(16-23(29)30)25(32)28-14-11-19(12-15-28)24(31)27-13-10-18-4-2-1-3-5-18/h1-9,19-20H,10-17H2,(H,27,31)/t20-/m1/s1. The van der Waals surface area contributed by atoms with Crippen molar-refractivity contribution in [2.75, 3.05) is 31.1 Å². The average molecular weight is 438 g/mol. The molecular weight excluding hydrogens is 409 g/mol. The third kappa shape index (κ3) is 5.15. The van der Waals surface area contributed by atoms with Gasteiger partial charge in [0.05, 0.1) is 5.92 Å². The third-order valence-corrected chi connectivity index (χ3v) is 6.35. The summed E-state index contributed by atoms with van der Waals surface area (Å²) in [6.45, 7) is 1.96. The van der Waals surface area contributed by atoms with Crippen molar-refractivity contribution in [1.82, 2.24) is 10.2 Å². The molecule has 3 amide bonds. The zero-order valence-electron chi connectivity index (χ0n) is 18.0. The highest BCUT2D eigenvalue weighted by Crippen LogP contribution is 2.28. The largest absolute Gasteiger partial charge is 0.356 e. The molecule has 4 rings (SSSR count). The maximum atomic E-state index is 13.2. The summed E-state index contributed by atoms with van der Waals surface area (Å²) in [6.07, 6.45) is 2.22. The molecule has 1 atom stereocenters. The SMILES string of the molecule is O=C(NCCc1ccccc1)C1CCN(C(=O)[C@@H]2CC(=O)N(c3ccc(F)cc3)C2)CC1. The smallest absolute Gasteiger partial charge is 0.228 e. The van der Waals surface area contributed by atoms with E-state index >= 15 is 0 Å². The molecule has 0 aliphatic carbocycles. The monoisotopic (exact) mass is 437 g/mol. The van der Waals surface area contributed by atoms with Crippen LogP contribution in [0.2, 0.25) is 0 Å². The molecule has 32 heavy (non-hydrogen) atoms. The van der Waals surface area contributed by atoms with Crippen molar-refractivity contribution in [1.29, 1.82) is 0 Å². The van der Waals surface area contributed by atoms with Crippen LogP contribution in [0.15, 0.2) is 54.6 Å². The first-order chi connectivity index (χ1) is 15.5. The molecule has 2 aromatic rings. The van der Waals surface area contributed by atoms with Crippen molar-refractivity contribution < 1.29 is 18.8 Å². The third-order valence-electron chi connectivity index (χ3n) is 6.35. The van der Waals surface area contributed by atoms with E-state index in [1.807, 2.05) is 30.3 Å². The lowest BCUT2D eigenvalue weighted by Crippen LogP contribution is -2.45. The Morgan fingerprint density at radius 1 is 0.969 bits per heavy atom. The molecule has 168 valence electrons. The van der Waals surface area contributed by atoms with Crippen LogP contribution in [0.25, 0.3) is 0 Å². The number of carbonyl (C=O) groups is 3. The second-order valence-electron chi connectivity index (χ2n) is 8.51. The van der Waals surface area contributed by atoms with Crippen LogP contribution in [-0.2, 0) is 20.8 Å². The van der Waals surface area contributed by atoms with Gasteiger partial charge >= 0.3 is 0 Å². The van der Waals surface area contributed by atoms with Gasteiger partial charge in [0, 0.05) is 44.2 Å². The summed E-state index contributed by atoms with van der Waals surface area (Å²) >= 11 is 0. The zero-order valence-corrected chi connectivity index (χ0v) is 18.0. The van der Waals surface area contributed by atoms with Gasteiger partial charge in [0.25, 0.3) is 0 Å². The normalized spacial score (nSPS) is 19.3. The number of nitrogens with one attached hydrogen (secondary N) is 1. The Labute approximate surface area is 187 Å². The quantitative estimate of drug-likeness (QED) is 0.756. The lowest BCUT2D eigenvalue weighted by atomic mass is 9.94. The molecule has 0 saturated carbocycles. The minimum atomic E-state index is -0.399. The minimum Gasteiger partial charge on any atom is -0.356 e. The first kappa shape index (κ1) is 22.0. The van der Waals surface area contributed by atoms with Gasteiger partial charge in [0.15, 0.2) is 0 Å². The summed E-state index contributed by atoms with van der Waals surface area (Å²) in [5.74, 6) is -0.959. The number of likely N-dealkylation sites (tertiary alicyclic amines) is 1. The molecule has 0 unspecified atom stereocenters. The van der Waals surface area contributed by atoms with Gasteiger partial charge in [-0.15, -0.1) is 0 Å². The molecule has 2 aliphatic heterocycles. The molecule has 2 aromatic carbocycles. The van der Waals surface area contributed by atoms with Gasteiger partial charge in [-0.25, -0.2) is 4.39 Å². The van der Waals surface area contributed by atoms with E-state index in [1.165, 1.54) is 17.7 Å². The molecule has 1 N–H and O–H groups in total. The van der Waals surface area contributed by atoms with Gasteiger partial charge in [-0.1, -0.05) is 30.3 Å². The summed E-state index contributed by atoms with van der Waals surface area (Å²) < 4.78 is 13.2. The highest BCUT2D eigenvalue weighted by molar-refractivity contribution is 6.00. The molecule has 2 heterocycles. The van der Waals surface area contributed by atoms with Crippen molar-refractivity contribution in [2.45, 2.75) is 25.7 Å². The highest BCUT2D eigenvalue weighted by atomic mass is 19.1. The van der Waals surface area contributed by atoms with Gasteiger partial charge < -0.3 is 15.1 Å². The van der Waals surface area contributed by atoms with Crippen LogP contribution in [0.5, 0.6) is 0 Å². The highest BCUT2D eigenvalue weighted by Gasteiger charge is 2.38. The summed E-state index contributed by atoms with van der Waals surface area (Å²) in [6, 6.07) is 15.8. The summed E-state index contributed by atoms with van der Waals surface area (Å²) in [4.78, 5) is 41.2. The number of carbonyl (C=O) groups excluding carboxylic acids is 3. The molecule has 7 heteroatoms. The predicted octanol–water partition coefficient (Wildman–Crippen LogP) is 2.78. The van der Waals surface area contributed by atoms with E-state index < -0.39 is 5.92 Å². The van der Waals surface area contributed by atoms with Crippen LogP contribution in [0, 0.1) is 17.7 Å². The first-order valence-electron chi connectivity index (χ1n) is 11.2. The number of amides is 3. The van der Waals surface area contributed by atoms with Crippen molar-refractivity contribution in [2.24, 2.45) is 11.8 Å². The Morgan fingerprint density at radius 3 is 2.34 bits per heavy atom. The molecule has 6 nitrogen and oxygen atoms in total. The van der Waals surface area contributed by atoms with E-state index in [1.54, 1.807) is 21.9 Å². The first-order valence-corrected chi connectivity index (χ1v) is 11.2. The Morgan fingerprint density at radius 2 is 1.66 bits per heavy atom. The molecular formula is C25H28FN3O3. The molecule has 2 aliphatic rings. The maximum absolute atomic E-state index is 13.2. The zero-order chi connectivity index (χ0) is 22.5. The Kier molecular flexibility index (Phi) is 6.83. The fourth-order valence-corrected chi connectivity index (χ4v) is 4.48. The average Bonchev–Trinajstić information content (AvgIpc) is 3.21. The van der Waals surface area contributed by atoms with Crippen molar-refractivity contribution >= 4 is 23.4 Å². The van der Waals surface area contributed by atoms with Crippen molar-refractivity contribution in [3.8, 4) is 0 Å². The molecule has 0 bridgehead atoms. The number of hydrogen-bond donors (Lipinski definition) is 1. The molecule has 0 aromatic heterocycles. The van der Waals surface area contributed by atoms with E-state index in [9.17, 15) is 18.8 Å². The van der Waals surface area contributed by atoms with Crippen LogP contribution < -0.4 is 10.2 Å². The number of hydrogen-bond acceptors (Lipinski definition) is 3. The molecule has 0 spiro atoms. The van der Waals surface area contributed by atoms with Gasteiger partial charge in [0.2, 0.25) is 17.7 Å². The van der Waals surface area contributed by atoms with E-state index in [-0.39, 0.29) is 35.9 Å². The number of nitrogens with zero attached hydrogens (tertiary/aromatic N) is 2. The van der Waals surface area contributed by atoms with Crippen molar-refractivity contribution in [3.05, 3.63) is 66.0 Å². The number of rotatable bonds is 6. The van der Waals surface area contributed by atoms with Crippen LogP contribution in [-0.4, -0.2) is 48.8 Å². The van der Waals surface area contributed by atoms with Crippen LogP contribution >= 0.6 is 0 Å². The molecule has 2 saturated heterocycles. The van der Waals surface area contributed by atoms with E-state index in [4.69, 9.17) is 0 Å². The van der Waals surface area contributed by atoms with E-state index in [2.05, 4.69) is 5.32 Å². The summed E-state index contributed by atoms with van der Waals surface area (Å²) in [7, 11) is 0. The second kappa shape index (κ2) is 9.94. The van der Waals surface area contributed by atoms with Crippen molar-refractivity contribution in [3.63, 3.8) is 0 Å².